The second kappa shape index (κ2) is 6.58. The Morgan fingerprint density at radius 1 is 1.57 bits per heavy atom. The van der Waals surface area contributed by atoms with E-state index in [1.807, 2.05) is 12.4 Å². The minimum absolute atomic E-state index is 0.152. The fraction of sp³-hybridized carbons (Fsp3) is 0.529. The first-order valence-electron chi connectivity index (χ1n) is 8.17. The minimum Gasteiger partial charge on any atom is -0.387 e. The van der Waals surface area contributed by atoms with Crippen LogP contribution in [-0.2, 0) is 4.79 Å². The first-order valence-corrected chi connectivity index (χ1v) is 8.17. The number of rotatable bonds is 4. The van der Waals surface area contributed by atoms with Crippen molar-refractivity contribution >= 4 is 11.6 Å². The molecule has 1 fully saturated rings. The highest BCUT2D eigenvalue weighted by Gasteiger charge is 2.29. The van der Waals surface area contributed by atoms with Crippen molar-refractivity contribution in [2.24, 2.45) is 4.99 Å². The number of nitrogens with zero attached hydrogens (tertiary/aromatic N) is 3. The predicted octanol–water partition coefficient (Wildman–Crippen LogP) is -0.0349. The van der Waals surface area contributed by atoms with Crippen molar-refractivity contribution in [3.05, 3.63) is 34.7 Å². The Bertz CT molecular complexity index is 734. The van der Waals surface area contributed by atoms with Gasteiger partial charge in [0.05, 0.1) is 6.04 Å². The van der Waals surface area contributed by atoms with Gasteiger partial charge in [0.15, 0.2) is 0 Å². The smallest absolute Gasteiger partial charge is 0.248 e. The van der Waals surface area contributed by atoms with Gasteiger partial charge in [0.1, 0.15) is 12.1 Å². The fourth-order valence-electron chi connectivity index (χ4n) is 3.33. The number of nitrogens with one attached hydrogen (secondary N) is 1. The van der Waals surface area contributed by atoms with Crippen molar-refractivity contribution < 1.29 is 9.90 Å². The molecule has 124 valence electrons. The molecule has 0 radical (unpaired) electrons. The van der Waals surface area contributed by atoms with Crippen LogP contribution in [0.2, 0.25) is 0 Å². The number of aliphatic hydroxyl groups excluding tert-OH is 1. The number of aromatic nitrogens is 1. The fourth-order valence-corrected chi connectivity index (χ4v) is 3.33. The molecule has 0 unspecified atom stereocenters. The van der Waals surface area contributed by atoms with Gasteiger partial charge in [0, 0.05) is 49.9 Å². The van der Waals surface area contributed by atoms with Gasteiger partial charge < -0.3 is 19.9 Å². The van der Waals surface area contributed by atoms with Crippen LogP contribution < -0.4 is 10.7 Å². The van der Waals surface area contributed by atoms with E-state index in [1.165, 1.54) is 11.3 Å². The van der Waals surface area contributed by atoms with Gasteiger partial charge in [-0.05, 0) is 24.5 Å². The third-order valence-electron chi connectivity index (χ3n) is 4.88. The number of hydrogen-bond donors (Lipinski definition) is 2. The molecule has 1 aromatic heterocycles. The number of carbonyl (C=O) groups is 1. The molecular formula is C17H24N4O2. The van der Waals surface area contributed by atoms with E-state index in [1.54, 1.807) is 11.9 Å². The minimum atomic E-state index is -0.423. The first kappa shape index (κ1) is 15.8. The largest absolute Gasteiger partial charge is 0.387 e. The highest BCUT2D eigenvalue weighted by Crippen LogP contribution is 2.25. The Morgan fingerprint density at radius 3 is 3.13 bits per heavy atom. The summed E-state index contributed by atoms with van der Waals surface area (Å²) < 4.78 is 0. The van der Waals surface area contributed by atoms with Gasteiger partial charge in [-0.3, -0.25) is 4.79 Å². The Kier molecular flexibility index (Phi) is 4.52. The Morgan fingerprint density at radius 2 is 2.39 bits per heavy atom. The molecule has 0 aliphatic carbocycles. The van der Waals surface area contributed by atoms with Crippen molar-refractivity contribution in [3.8, 4) is 0 Å². The number of aliphatic hydroxyl groups is 1. The SMILES string of the molecule is CCC1=CN=c2[nH]ccc2=C(N2CC[C@@H](N(C)C(=O)CO)C2)C1. The molecule has 0 saturated carbocycles. The van der Waals surface area contributed by atoms with Gasteiger partial charge >= 0.3 is 0 Å². The summed E-state index contributed by atoms with van der Waals surface area (Å²) in [6, 6.07) is 2.23. The molecule has 3 rings (SSSR count). The number of carbonyl (C=O) groups excluding carboxylic acids is 1. The summed E-state index contributed by atoms with van der Waals surface area (Å²) in [5, 5.41) is 10.2. The monoisotopic (exact) mass is 316 g/mol. The van der Waals surface area contributed by atoms with E-state index in [0.717, 1.165) is 43.1 Å². The van der Waals surface area contributed by atoms with Crippen molar-refractivity contribution in [1.82, 2.24) is 14.8 Å². The van der Waals surface area contributed by atoms with Crippen LogP contribution in [0.4, 0.5) is 0 Å². The maximum atomic E-state index is 11.7. The van der Waals surface area contributed by atoms with Crippen molar-refractivity contribution in [2.75, 3.05) is 26.7 Å². The maximum absolute atomic E-state index is 11.7. The van der Waals surface area contributed by atoms with Crippen LogP contribution in [0.1, 0.15) is 26.2 Å². The molecule has 3 heterocycles. The van der Waals surface area contributed by atoms with Crippen LogP contribution in [0.25, 0.3) is 5.70 Å². The maximum Gasteiger partial charge on any atom is 0.248 e. The molecule has 1 aromatic rings. The summed E-state index contributed by atoms with van der Waals surface area (Å²) in [5.74, 6) is -0.214. The lowest BCUT2D eigenvalue weighted by atomic mass is 10.1. The van der Waals surface area contributed by atoms with Crippen LogP contribution in [-0.4, -0.2) is 58.6 Å². The van der Waals surface area contributed by atoms with Crippen LogP contribution in [0.5, 0.6) is 0 Å². The Labute approximate surface area is 135 Å². The second-order valence-electron chi connectivity index (χ2n) is 6.18. The van der Waals surface area contributed by atoms with Crippen molar-refractivity contribution in [3.63, 3.8) is 0 Å². The van der Waals surface area contributed by atoms with E-state index >= 15 is 0 Å². The molecule has 0 bridgehead atoms. The van der Waals surface area contributed by atoms with E-state index in [-0.39, 0.29) is 11.9 Å². The van der Waals surface area contributed by atoms with Crippen LogP contribution in [0.3, 0.4) is 0 Å². The first-order chi connectivity index (χ1) is 11.1. The van der Waals surface area contributed by atoms with Gasteiger partial charge in [0.25, 0.3) is 0 Å². The van der Waals surface area contributed by atoms with Gasteiger partial charge in [-0.15, -0.1) is 0 Å². The molecule has 1 atom stereocenters. The zero-order valence-electron chi connectivity index (χ0n) is 13.7. The lowest BCUT2D eigenvalue weighted by Crippen LogP contribution is -2.41. The van der Waals surface area contributed by atoms with Gasteiger partial charge in [-0.1, -0.05) is 6.92 Å². The predicted molar refractivity (Wildman–Crippen MR) is 87.8 cm³/mol. The molecule has 2 aliphatic rings. The van der Waals surface area contributed by atoms with E-state index in [4.69, 9.17) is 5.11 Å². The zero-order valence-corrected chi connectivity index (χ0v) is 13.7. The molecule has 0 spiro atoms. The Balaban J connectivity index is 1.88. The molecule has 23 heavy (non-hydrogen) atoms. The van der Waals surface area contributed by atoms with Gasteiger partial charge in [-0.25, -0.2) is 4.99 Å². The topological polar surface area (TPSA) is 71.9 Å². The number of aromatic amines is 1. The lowest BCUT2D eigenvalue weighted by molar-refractivity contribution is -0.134. The molecule has 2 N–H and O–H groups in total. The normalized spacial score (nSPS) is 20.7. The standard InChI is InChI=1S/C17H24N4O2/c1-3-12-8-15(14-4-6-18-17(14)19-9-12)21-7-5-13(10-21)20(2)16(23)11-22/h4,6,9,13,22H,3,5,7-8,10-11H2,1-2H3,(H,18,19)/t13-/m1/s1. The molecule has 6 heteroatoms. The average molecular weight is 316 g/mol. The quantitative estimate of drug-likeness (QED) is 0.819. The number of likely N-dealkylation sites (tertiary alicyclic amines) is 1. The number of amides is 1. The third kappa shape index (κ3) is 3.03. The second-order valence-corrected chi connectivity index (χ2v) is 6.18. The molecule has 6 nitrogen and oxygen atoms in total. The van der Waals surface area contributed by atoms with Crippen LogP contribution in [0, 0.1) is 0 Å². The van der Waals surface area contributed by atoms with E-state index in [9.17, 15) is 4.79 Å². The van der Waals surface area contributed by atoms with Crippen LogP contribution in [0.15, 0.2) is 29.0 Å². The summed E-state index contributed by atoms with van der Waals surface area (Å²) in [7, 11) is 1.78. The number of likely N-dealkylation sites (N-methyl/N-ethyl adjacent to an activating group) is 1. The summed E-state index contributed by atoms with van der Waals surface area (Å²) in [5.41, 5.74) is 3.50. The summed E-state index contributed by atoms with van der Waals surface area (Å²) >= 11 is 0. The highest BCUT2D eigenvalue weighted by atomic mass is 16.3. The van der Waals surface area contributed by atoms with Gasteiger partial charge in [-0.2, -0.15) is 0 Å². The lowest BCUT2D eigenvalue weighted by Gasteiger charge is -2.26. The van der Waals surface area contributed by atoms with Crippen molar-refractivity contribution in [2.45, 2.75) is 32.2 Å². The number of hydrogen-bond acceptors (Lipinski definition) is 4. The molecule has 1 amide bonds. The highest BCUT2D eigenvalue weighted by molar-refractivity contribution is 5.77. The molecule has 2 aliphatic heterocycles. The molecule has 1 saturated heterocycles. The summed E-state index contributed by atoms with van der Waals surface area (Å²) in [6.07, 6.45) is 6.70. The molecule has 0 aromatic carbocycles. The van der Waals surface area contributed by atoms with E-state index in [0.29, 0.717) is 0 Å². The van der Waals surface area contributed by atoms with Crippen molar-refractivity contribution in [1.29, 1.82) is 0 Å². The van der Waals surface area contributed by atoms with Crippen LogP contribution >= 0.6 is 0 Å². The number of fused-ring (bicyclic) bond motifs is 1. The van der Waals surface area contributed by atoms with E-state index in [2.05, 4.69) is 27.9 Å². The summed E-state index contributed by atoms with van der Waals surface area (Å²) in [4.78, 5) is 23.5. The zero-order chi connectivity index (χ0) is 16.4. The Hall–Kier alpha value is -2.08. The summed E-state index contributed by atoms with van der Waals surface area (Å²) in [6.45, 7) is 3.45. The average Bonchev–Trinajstić information content (AvgIpc) is 3.20. The van der Waals surface area contributed by atoms with Gasteiger partial charge in [0.2, 0.25) is 5.91 Å². The molecular weight excluding hydrogens is 292 g/mol. The third-order valence-corrected chi connectivity index (χ3v) is 4.88. The number of H-pyrrole nitrogens is 1. The van der Waals surface area contributed by atoms with E-state index < -0.39 is 6.61 Å².